The standard InChI is InChI=1S/C18H22N2O/c1-15(12-19-13-16-8-4-2-5-9-16)18(21)20-14-17-10-6-3-7-11-17/h2-11,15,19H,12-14H2,1H3,(H,20,21). The number of rotatable bonds is 7. The van der Waals surface area contributed by atoms with E-state index in [9.17, 15) is 4.79 Å². The van der Waals surface area contributed by atoms with Gasteiger partial charge in [-0.15, -0.1) is 0 Å². The summed E-state index contributed by atoms with van der Waals surface area (Å²) in [6, 6.07) is 20.2. The number of benzene rings is 2. The summed E-state index contributed by atoms with van der Waals surface area (Å²) in [5.41, 5.74) is 2.35. The van der Waals surface area contributed by atoms with Crippen LogP contribution in [0.5, 0.6) is 0 Å². The molecular formula is C18H22N2O. The molecule has 3 heteroatoms. The molecule has 0 bridgehead atoms. The van der Waals surface area contributed by atoms with E-state index in [0.29, 0.717) is 13.1 Å². The lowest BCUT2D eigenvalue weighted by Gasteiger charge is -2.13. The molecule has 0 saturated carbocycles. The normalized spacial score (nSPS) is 11.9. The van der Waals surface area contributed by atoms with Gasteiger partial charge in [-0.25, -0.2) is 0 Å². The maximum absolute atomic E-state index is 12.0. The molecule has 0 fully saturated rings. The molecule has 0 aromatic heterocycles. The van der Waals surface area contributed by atoms with Crippen molar-refractivity contribution in [2.75, 3.05) is 6.54 Å². The van der Waals surface area contributed by atoms with Gasteiger partial charge in [0, 0.05) is 25.6 Å². The number of carbonyl (C=O) groups is 1. The zero-order valence-corrected chi connectivity index (χ0v) is 12.4. The van der Waals surface area contributed by atoms with Gasteiger partial charge in [0.2, 0.25) is 5.91 Å². The molecule has 21 heavy (non-hydrogen) atoms. The molecule has 0 spiro atoms. The van der Waals surface area contributed by atoms with Gasteiger partial charge in [-0.2, -0.15) is 0 Å². The first-order valence-electron chi connectivity index (χ1n) is 7.32. The van der Waals surface area contributed by atoms with E-state index in [-0.39, 0.29) is 11.8 Å². The van der Waals surface area contributed by atoms with Gasteiger partial charge in [-0.1, -0.05) is 67.6 Å². The van der Waals surface area contributed by atoms with Gasteiger partial charge in [-0.3, -0.25) is 4.79 Å². The Balaban J connectivity index is 1.68. The number of carbonyl (C=O) groups excluding carboxylic acids is 1. The van der Waals surface area contributed by atoms with Gasteiger partial charge in [0.25, 0.3) is 0 Å². The second kappa shape index (κ2) is 8.22. The lowest BCUT2D eigenvalue weighted by Crippen LogP contribution is -2.34. The second-order valence-corrected chi connectivity index (χ2v) is 5.22. The third-order valence-electron chi connectivity index (χ3n) is 3.38. The fraction of sp³-hybridized carbons (Fsp3) is 0.278. The molecule has 3 nitrogen and oxygen atoms in total. The predicted octanol–water partition coefficient (Wildman–Crippen LogP) is 2.73. The van der Waals surface area contributed by atoms with E-state index in [1.165, 1.54) is 5.56 Å². The molecule has 2 N–H and O–H groups in total. The first-order chi connectivity index (χ1) is 10.3. The minimum atomic E-state index is -0.0441. The maximum Gasteiger partial charge on any atom is 0.224 e. The lowest BCUT2D eigenvalue weighted by atomic mass is 10.1. The SMILES string of the molecule is CC(CNCc1ccccc1)C(=O)NCc1ccccc1. The highest BCUT2D eigenvalue weighted by Crippen LogP contribution is 2.01. The summed E-state index contributed by atoms with van der Waals surface area (Å²) in [7, 11) is 0. The van der Waals surface area contributed by atoms with E-state index in [1.54, 1.807) is 0 Å². The van der Waals surface area contributed by atoms with Crippen LogP contribution < -0.4 is 10.6 Å². The molecule has 1 amide bonds. The van der Waals surface area contributed by atoms with Crippen LogP contribution in [0, 0.1) is 5.92 Å². The summed E-state index contributed by atoms with van der Waals surface area (Å²) >= 11 is 0. The number of hydrogen-bond acceptors (Lipinski definition) is 2. The highest BCUT2D eigenvalue weighted by atomic mass is 16.1. The molecule has 0 saturated heterocycles. The molecule has 1 atom stereocenters. The van der Waals surface area contributed by atoms with Gasteiger partial charge in [0.1, 0.15) is 0 Å². The molecule has 2 aromatic rings. The van der Waals surface area contributed by atoms with Crippen molar-refractivity contribution in [2.24, 2.45) is 5.92 Å². The van der Waals surface area contributed by atoms with Crippen molar-refractivity contribution in [1.82, 2.24) is 10.6 Å². The van der Waals surface area contributed by atoms with Crippen molar-refractivity contribution in [3.05, 3.63) is 71.8 Å². The van der Waals surface area contributed by atoms with Crippen LogP contribution in [0.2, 0.25) is 0 Å². The van der Waals surface area contributed by atoms with Crippen LogP contribution in [0.1, 0.15) is 18.1 Å². The van der Waals surface area contributed by atoms with Crippen LogP contribution in [-0.2, 0) is 17.9 Å². The van der Waals surface area contributed by atoms with Gasteiger partial charge < -0.3 is 10.6 Å². The Morgan fingerprint density at radius 2 is 1.43 bits per heavy atom. The molecule has 2 aromatic carbocycles. The molecular weight excluding hydrogens is 260 g/mol. The maximum atomic E-state index is 12.0. The monoisotopic (exact) mass is 282 g/mol. The van der Waals surface area contributed by atoms with Gasteiger partial charge in [0.15, 0.2) is 0 Å². The minimum Gasteiger partial charge on any atom is -0.352 e. The van der Waals surface area contributed by atoms with Crippen LogP contribution in [0.15, 0.2) is 60.7 Å². The zero-order valence-electron chi connectivity index (χ0n) is 12.4. The molecule has 0 radical (unpaired) electrons. The average molecular weight is 282 g/mol. The van der Waals surface area contributed by atoms with Crippen molar-refractivity contribution in [3.8, 4) is 0 Å². The highest BCUT2D eigenvalue weighted by molar-refractivity contribution is 5.78. The van der Waals surface area contributed by atoms with Crippen molar-refractivity contribution in [1.29, 1.82) is 0 Å². The third kappa shape index (κ3) is 5.40. The van der Waals surface area contributed by atoms with Gasteiger partial charge >= 0.3 is 0 Å². The lowest BCUT2D eigenvalue weighted by molar-refractivity contribution is -0.124. The van der Waals surface area contributed by atoms with Gasteiger partial charge in [0.05, 0.1) is 0 Å². The van der Waals surface area contributed by atoms with Crippen molar-refractivity contribution >= 4 is 5.91 Å². The van der Waals surface area contributed by atoms with Crippen molar-refractivity contribution in [3.63, 3.8) is 0 Å². The summed E-state index contributed by atoms with van der Waals surface area (Å²) in [5.74, 6) is 0.0387. The van der Waals surface area contributed by atoms with E-state index in [4.69, 9.17) is 0 Å². The summed E-state index contributed by atoms with van der Waals surface area (Å²) in [6.45, 7) is 3.99. The Hall–Kier alpha value is -2.13. The van der Waals surface area contributed by atoms with E-state index in [1.807, 2.05) is 55.5 Å². The smallest absolute Gasteiger partial charge is 0.224 e. The van der Waals surface area contributed by atoms with Crippen LogP contribution >= 0.6 is 0 Å². The van der Waals surface area contributed by atoms with E-state index in [2.05, 4.69) is 22.8 Å². The molecule has 0 aliphatic heterocycles. The predicted molar refractivity (Wildman–Crippen MR) is 85.6 cm³/mol. The first kappa shape index (κ1) is 15.3. The summed E-state index contributed by atoms with van der Waals surface area (Å²) in [4.78, 5) is 12.0. The minimum absolute atomic E-state index is 0.0441. The second-order valence-electron chi connectivity index (χ2n) is 5.22. The Morgan fingerprint density at radius 1 is 0.905 bits per heavy atom. The molecule has 2 rings (SSSR count). The Kier molecular flexibility index (Phi) is 5.98. The quantitative estimate of drug-likeness (QED) is 0.820. The summed E-state index contributed by atoms with van der Waals surface area (Å²) in [5, 5.41) is 6.29. The third-order valence-corrected chi connectivity index (χ3v) is 3.38. The number of amides is 1. The summed E-state index contributed by atoms with van der Waals surface area (Å²) in [6.07, 6.45) is 0. The van der Waals surface area contributed by atoms with Crippen LogP contribution in [-0.4, -0.2) is 12.5 Å². The van der Waals surface area contributed by atoms with E-state index < -0.39 is 0 Å². The Bertz CT molecular complexity index is 540. The largest absolute Gasteiger partial charge is 0.352 e. The Morgan fingerprint density at radius 3 is 2.00 bits per heavy atom. The number of hydrogen-bond donors (Lipinski definition) is 2. The molecule has 0 heterocycles. The van der Waals surface area contributed by atoms with Crippen molar-refractivity contribution in [2.45, 2.75) is 20.0 Å². The molecule has 1 unspecified atom stereocenters. The fourth-order valence-electron chi connectivity index (χ4n) is 2.08. The average Bonchev–Trinajstić information content (AvgIpc) is 2.54. The molecule has 110 valence electrons. The first-order valence-corrected chi connectivity index (χ1v) is 7.32. The van der Waals surface area contributed by atoms with Crippen LogP contribution in [0.3, 0.4) is 0 Å². The summed E-state index contributed by atoms with van der Waals surface area (Å²) < 4.78 is 0. The van der Waals surface area contributed by atoms with Crippen LogP contribution in [0.25, 0.3) is 0 Å². The Labute approximate surface area is 126 Å². The van der Waals surface area contributed by atoms with Gasteiger partial charge in [-0.05, 0) is 11.1 Å². The highest BCUT2D eigenvalue weighted by Gasteiger charge is 2.11. The van der Waals surface area contributed by atoms with Crippen LogP contribution in [0.4, 0.5) is 0 Å². The molecule has 0 aliphatic carbocycles. The van der Waals surface area contributed by atoms with Crippen molar-refractivity contribution < 1.29 is 4.79 Å². The van der Waals surface area contributed by atoms with E-state index in [0.717, 1.165) is 12.1 Å². The zero-order chi connectivity index (χ0) is 14.9. The fourth-order valence-corrected chi connectivity index (χ4v) is 2.08. The topological polar surface area (TPSA) is 41.1 Å². The molecule has 0 aliphatic rings. The number of nitrogens with one attached hydrogen (secondary N) is 2. The van der Waals surface area contributed by atoms with E-state index >= 15 is 0 Å².